The minimum absolute atomic E-state index is 0.0436. The van der Waals surface area contributed by atoms with Gasteiger partial charge in [0.25, 0.3) is 5.91 Å². The molecule has 2 rings (SSSR count). The molecule has 0 radical (unpaired) electrons. The van der Waals surface area contributed by atoms with E-state index < -0.39 is 29.5 Å². The Morgan fingerprint density at radius 1 is 0.964 bits per heavy atom. The number of carboxylic acid groups (broad SMARTS) is 1. The smallest absolute Gasteiger partial charge is 0.329 e. The molecule has 1 unspecified atom stereocenters. The monoisotopic (exact) mass is 383 g/mol. The van der Waals surface area contributed by atoms with Gasteiger partial charge in [-0.15, -0.1) is 0 Å². The Morgan fingerprint density at radius 2 is 1.54 bits per heavy atom. The number of nitrogens with one attached hydrogen (secondary N) is 1. The molecule has 2 aromatic rings. The van der Waals surface area contributed by atoms with Crippen LogP contribution in [0.3, 0.4) is 0 Å². The number of carboxylic acids is 1. The molecule has 28 heavy (non-hydrogen) atoms. The largest absolute Gasteiger partial charge is 0.481 e. The number of esters is 1. The Morgan fingerprint density at radius 3 is 2.07 bits per heavy atom. The number of benzene rings is 2. The van der Waals surface area contributed by atoms with Crippen LogP contribution >= 0.6 is 0 Å². The van der Waals surface area contributed by atoms with Crippen LogP contribution < -0.4 is 5.32 Å². The Kier molecular flexibility index (Phi) is 6.93. The van der Waals surface area contributed by atoms with E-state index in [2.05, 4.69) is 5.32 Å². The van der Waals surface area contributed by atoms with E-state index in [1.807, 2.05) is 42.5 Å². The number of carbonyl (C=O) groups excluding carboxylic acids is 2. The van der Waals surface area contributed by atoms with Crippen LogP contribution in [0.2, 0.25) is 0 Å². The predicted molar refractivity (Wildman–Crippen MR) is 106 cm³/mol. The van der Waals surface area contributed by atoms with Gasteiger partial charge in [0, 0.05) is 12.0 Å². The van der Waals surface area contributed by atoms with E-state index >= 15 is 0 Å². The van der Waals surface area contributed by atoms with Crippen molar-refractivity contribution in [3.8, 4) is 11.1 Å². The van der Waals surface area contributed by atoms with Crippen LogP contribution in [-0.4, -0.2) is 34.6 Å². The molecule has 1 amide bonds. The summed E-state index contributed by atoms with van der Waals surface area (Å²) >= 11 is 0. The van der Waals surface area contributed by atoms with Crippen molar-refractivity contribution in [3.63, 3.8) is 0 Å². The van der Waals surface area contributed by atoms with Crippen molar-refractivity contribution in [1.82, 2.24) is 5.32 Å². The second-order valence-corrected chi connectivity index (χ2v) is 7.44. The molecule has 1 atom stereocenters. The molecule has 0 aliphatic heterocycles. The van der Waals surface area contributed by atoms with Crippen molar-refractivity contribution < 1.29 is 24.2 Å². The lowest BCUT2D eigenvalue weighted by Gasteiger charge is -2.24. The van der Waals surface area contributed by atoms with E-state index in [1.54, 1.807) is 32.9 Å². The highest BCUT2D eigenvalue weighted by Crippen LogP contribution is 2.19. The number of carbonyl (C=O) groups is 3. The molecule has 0 aliphatic rings. The van der Waals surface area contributed by atoms with Crippen molar-refractivity contribution >= 4 is 17.8 Å². The van der Waals surface area contributed by atoms with Gasteiger partial charge < -0.3 is 15.2 Å². The second kappa shape index (κ2) is 9.17. The van der Waals surface area contributed by atoms with Crippen molar-refractivity contribution in [2.24, 2.45) is 0 Å². The molecule has 2 aromatic carbocycles. The average molecular weight is 383 g/mol. The summed E-state index contributed by atoms with van der Waals surface area (Å²) in [6, 6.07) is 15.7. The topological polar surface area (TPSA) is 92.7 Å². The molecule has 0 saturated carbocycles. The van der Waals surface area contributed by atoms with Gasteiger partial charge in [0.2, 0.25) is 0 Å². The number of amides is 1. The van der Waals surface area contributed by atoms with Gasteiger partial charge in [0.1, 0.15) is 11.6 Å². The number of aliphatic carboxylic acids is 1. The summed E-state index contributed by atoms with van der Waals surface area (Å²) in [6.45, 7) is 5.13. The lowest BCUT2D eigenvalue weighted by molar-refractivity contribution is -0.157. The first-order chi connectivity index (χ1) is 13.2. The molecular weight excluding hydrogens is 358 g/mol. The maximum Gasteiger partial charge on any atom is 0.329 e. The molecule has 2 N–H and O–H groups in total. The zero-order valence-electron chi connectivity index (χ0n) is 16.3. The zero-order valence-corrected chi connectivity index (χ0v) is 16.3. The third-order valence-corrected chi connectivity index (χ3v) is 3.90. The predicted octanol–water partition coefficient (Wildman–Crippen LogP) is 3.66. The summed E-state index contributed by atoms with van der Waals surface area (Å²) in [5.74, 6) is -2.15. The van der Waals surface area contributed by atoms with Gasteiger partial charge in [0.05, 0.1) is 0 Å². The third-order valence-electron chi connectivity index (χ3n) is 3.90. The van der Waals surface area contributed by atoms with Crippen molar-refractivity contribution in [1.29, 1.82) is 0 Å². The van der Waals surface area contributed by atoms with E-state index in [0.717, 1.165) is 11.1 Å². The molecule has 6 nitrogen and oxygen atoms in total. The fourth-order valence-corrected chi connectivity index (χ4v) is 2.58. The molecule has 0 spiro atoms. The third kappa shape index (κ3) is 6.54. The van der Waals surface area contributed by atoms with Crippen LogP contribution in [0, 0.1) is 0 Å². The van der Waals surface area contributed by atoms with E-state index in [-0.39, 0.29) is 12.8 Å². The van der Waals surface area contributed by atoms with Crippen molar-refractivity contribution in [3.05, 3.63) is 60.2 Å². The number of ether oxygens (including phenoxy) is 1. The summed E-state index contributed by atoms with van der Waals surface area (Å²) in [7, 11) is 0. The van der Waals surface area contributed by atoms with Crippen LogP contribution in [0.5, 0.6) is 0 Å². The van der Waals surface area contributed by atoms with Crippen molar-refractivity contribution in [2.45, 2.75) is 45.3 Å². The average Bonchev–Trinajstić information content (AvgIpc) is 2.64. The molecule has 148 valence electrons. The second-order valence-electron chi connectivity index (χ2n) is 7.44. The molecule has 0 heterocycles. The molecule has 0 bridgehead atoms. The normalized spacial score (nSPS) is 12.1. The Balaban J connectivity index is 2.11. The number of hydrogen-bond donors (Lipinski definition) is 2. The van der Waals surface area contributed by atoms with E-state index in [4.69, 9.17) is 9.84 Å². The zero-order chi connectivity index (χ0) is 20.7. The first-order valence-corrected chi connectivity index (χ1v) is 9.07. The quantitative estimate of drug-likeness (QED) is 0.712. The fourth-order valence-electron chi connectivity index (χ4n) is 2.58. The van der Waals surface area contributed by atoms with Crippen LogP contribution in [0.15, 0.2) is 54.6 Å². The molecule has 0 aliphatic carbocycles. The summed E-state index contributed by atoms with van der Waals surface area (Å²) in [4.78, 5) is 35.8. The SMILES string of the molecule is CC(C)(C)OC(=O)C(CCC(=O)O)NC(=O)c1ccc(-c2ccccc2)cc1. The number of rotatable bonds is 7. The molecular formula is C22H25NO5. The summed E-state index contributed by atoms with van der Waals surface area (Å²) in [5.41, 5.74) is 1.64. The molecule has 0 saturated heterocycles. The van der Waals surface area contributed by atoms with Gasteiger partial charge >= 0.3 is 11.9 Å². The highest BCUT2D eigenvalue weighted by atomic mass is 16.6. The summed E-state index contributed by atoms with van der Waals surface area (Å²) < 4.78 is 5.30. The molecule has 0 aromatic heterocycles. The van der Waals surface area contributed by atoms with Gasteiger partial charge in [0.15, 0.2) is 0 Å². The maximum absolute atomic E-state index is 12.6. The van der Waals surface area contributed by atoms with Crippen LogP contribution in [0.4, 0.5) is 0 Å². The lowest BCUT2D eigenvalue weighted by Crippen LogP contribution is -2.44. The van der Waals surface area contributed by atoms with Crippen LogP contribution in [0.25, 0.3) is 11.1 Å². The number of hydrogen-bond acceptors (Lipinski definition) is 4. The lowest BCUT2D eigenvalue weighted by atomic mass is 10.0. The summed E-state index contributed by atoms with van der Waals surface area (Å²) in [6.07, 6.45) is -0.296. The highest BCUT2D eigenvalue weighted by Gasteiger charge is 2.27. The van der Waals surface area contributed by atoms with E-state index in [1.165, 1.54) is 0 Å². The minimum atomic E-state index is -1.05. The van der Waals surface area contributed by atoms with Gasteiger partial charge in [-0.05, 0) is 50.5 Å². The van der Waals surface area contributed by atoms with Gasteiger partial charge in [-0.1, -0.05) is 42.5 Å². The van der Waals surface area contributed by atoms with Crippen LogP contribution in [-0.2, 0) is 14.3 Å². The minimum Gasteiger partial charge on any atom is -0.481 e. The fraction of sp³-hybridized carbons (Fsp3) is 0.318. The molecule has 0 fully saturated rings. The summed E-state index contributed by atoms with van der Waals surface area (Å²) in [5, 5.41) is 11.5. The standard InChI is InChI=1S/C22H25NO5/c1-22(2,3)28-21(27)18(13-14-19(24)25)23-20(26)17-11-9-16(10-12-17)15-7-5-4-6-8-15/h4-12,18H,13-14H2,1-3H3,(H,23,26)(H,24,25). The van der Waals surface area contributed by atoms with Crippen LogP contribution in [0.1, 0.15) is 44.0 Å². The molecule has 6 heteroatoms. The first-order valence-electron chi connectivity index (χ1n) is 9.07. The maximum atomic E-state index is 12.6. The van der Waals surface area contributed by atoms with E-state index in [9.17, 15) is 14.4 Å². The van der Waals surface area contributed by atoms with Gasteiger partial charge in [-0.3, -0.25) is 9.59 Å². The first kappa shape index (κ1) is 21.2. The van der Waals surface area contributed by atoms with Gasteiger partial charge in [-0.2, -0.15) is 0 Å². The highest BCUT2D eigenvalue weighted by molar-refractivity contribution is 5.97. The van der Waals surface area contributed by atoms with E-state index in [0.29, 0.717) is 5.56 Å². The Hall–Kier alpha value is -3.15. The van der Waals surface area contributed by atoms with Gasteiger partial charge in [-0.25, -0.2) is 4.79 Å². The Labute approximate surface area is 164 Å². The Bertz CT molecular complexity index is 822. The van der Waals surface area contributed by atoms with Crippen molar-refractivity contribution in [2.75, 3.05) is 0 Å².